The van der Waals surface area contributed by atoms with Crippen molar-refractivity contribution in [2.24, 2.45) is 0 Å². The van der Waals surface area contributed by atoms with Crippen LogP contribution in [0.5, 0.6) is 0 Å². The summed E-state index contributed by atoms with van der Waals surface area (Å²) in [5, 5.41) is 4.04. The van der Waals surface area contributed by atoms with Gasteiger partial charge in [0.2, 0.25) is 5.91 Å². The highest BCUT2D eigenvalue weighted by molar-refractivity contribution is 6.30. The fraction of sp³-hybridized carbons (Fsp3) is 0.533. The number of nitrogens with zero attached hydrogens (tertiary/aromatic N) is 1. The summed E-state index contributed by atoms with van der Waals surface area (Å²) in [5.41, 5.74) is 1.05. The Labute approximate surface area is 125 Å². The summed E-state index contributed by atoms with van der Waals surface area (Å²) < 4.78 is 5.11. The van der Waals surface area contributed by atoms with Crippen molar-refractivity contribution in [1.29, 1.82) is 0 Å². The highest BCUT2D eigenvalue weighted by Gasteiger charge is 2.39. The number of halogens is 1. The van der Waals surface area contributed by atoms with E-state index in [1.165, 1.54) is 0 Å². The molecule has 1 aliphatic heterocycles. The number of hydrogen-bond acceptors (Lipinski definition) is 3. The van der Waals surface area contributed by atoms with Crippen molar-refractivity contribution in [3.63, 3.8) is 0 Å². The smallest absolute Gasteiger partial charge is 0.241 e. The van der Waals surface area contributed by atoms with Gasteiger partial charge < -0.3 is 9.64 Å². The predicted octanol–water partition coefficient (Wildman–Crippen LogP) is 2.58. The molecule has 1 saturated heterocycles. The van der Waals surface area contributed by atoms with Gasteiger partial charge in [-0.2, -0.15) is 0 Å². The summed E-state index contributed by atoms with van der Waals surface area (Å²) in [6, 6.07) is 7.58. The van der Waals surface area contributed by atoms with E-state index in [4.69, 9.17) is 16.3 Å². The molecule has 0 aromatic heterocycles. The summed E-state index contributed by atoms with van der Waals surface area (Å²) in [6.07, 6.45) is 0.724. The Hall–Kier alpha value is -1.10. The van der Waals surface area contributed by atoms with Gasteiger partial charge in [-0.3, -0.25) is 10.1 Å². The van der Waals surface area contributed by atoms with Gasteiger partial charge in [-0.1, -0.05) is 23.7 Å². The van der Waals surface area contributed by atoms with Crippen LogP contribution in [0.15, 0.2) is 24.3 Å². The number of carbonyl (C=O) groups excluding carboxylic acids is 1. The maximum absolute atomic E-state index is 12.4. The molecular formula is C15H21ClN2O2. The summed E-state index contributed by atoms with van der Waals surface area (Å²) in [5.74, 6) is 0.133. The molecule has 3 atom stereocenters. The van der Waals surface area contributed by atoms with E-state index in [9.17, 15) is 4.79 Å². The van der Waals surface area contributed by atoms with Crippen LogP contribution in [0, 0.1) is 0 Å². The van der Waals surface area contributed by atoms with Crippen LogP contribution in [0.3, 0.4) is 0 Å². The zero-order chi connectivity index (χ0) is 14.7. The van der Waals surface area contributed by atoms with Crippen LogP contribution < -0.4 is 5.32 Å². The first kappa shape index (κ1) is 15.3. The van der Waals surface area contributed by atoms with Crippen molar-refractivity contribution < 1.29 is 9.53 Å². The van der Waals surface area contributed by atoms with Crippen molar-refractivity contribution in [3.8, 4) is 0 Å². The van der Waals surface area contributed by atoms with Gasteiger partial charge in [-0.25, -0.2) is 0 Å². The van der Waals surface area contributed by atoms with Gasteiger partial charge in [0.05, 0.1) is 6.04 Å². The lowest BCUT2D eigenvalue weighted by atomic mass is 10.1. The van der Waals surface area contributed by atoms with Crippen LogP contribution in [-0.4, -0.2) is 36.6 Å². The van der Waals surface area contributed by atoms with Crippen molar-refractivity contribution in [2.75, 3.05) is 13.7 Å². The molecule has 0 radical (unpaired) electrons. The normalized spacial score (nSPS) is 24.2. The summed E-state index contributed by atoms with van der Waals surface area (Å²) in [7, 11) is 1.68. The first-order valence-electron chi connectivity index (χ1n) is 6.87. The van der Waals surface area contributed by atoms with E-state index < -0.39 is 0 Å². The lowest BCUT2D eigenvalue weighted by Gasteiger charge is -2.30. The molecule has 0 aliphatic carbocycles. The van der Waals surface area contributed by atoms with Gasteiger partial charge >= 0.3 is 0 Å². The molecule has 0 saturated carbocycles. The van der Waals surface area contributed by atoms with Gasteiger partial charge in [-0.15, -0.1) is 0 Å². The summed E-state index contributed by atoms with van der Waals surface area (Å²) in [6.45, 7) is 4.60. The molecule has 2 rings (SSSR count). The maximum atomic E-state index is 12.4. The van der Waals surface area contributed by atoms with Gasteiger partial charge in [0.25, 0.3) is 0 Å². The molecule has 1 fully saturated rings. The predicted molar refractivity (Wildman–Crippen MR) is 79.6 cm³/mol. The number of ether oxygens (including phenoxy) is 1. The van der Waals surface area contributed by atoms with Gasteiger partial charge in [0.15, 0.2) is 0 Å². The van der Waals surface area contributed by atoms with E-state index in [1.807, 2.05) is 36.1 Å². The third kappa shape index (κ3) is 3.14. The lowest BCUT2D eigenvalue weighted by molar-refractivity contribution is -0.132. The van der Waals surface area contributed by atoms with Crippen LogP contribution in [0.4, 0.5) is 0 Å². The molecule has 5 heteroatoms. The van der Waals surface area contributed by atoms with E-state index in [0.29, 0.717) is 11.6 Å². The van der Waals surface area contributed by atoms with Crippen molar-refractivity contribution in [1.82, 2.24) is 10.2 Å². The Morgan fingerprint density at radius 2 is 2.05 bits per heavy atom. The quantitative estimate of drug-likeness (QED) is 0.908. The van der Waals surface area contributed by atoms with E-state index in [-0.39, 0.29) is 24.2 Å². The molecule has 3 unspecified atom stereocenters. The average Bonchev–Trinajstić information content (AvgIpc) is 2.73. The van der Waals surface area contributed by atoms with Crippen molar-refractivity contribution in [2.45, 2.75) is 38.5 Å². The number of benzene rings is 1. The second-order valence-corrected chi connectivity index (χ2v) is 5.65. The van der Waals surface area contributed by atoms with Gasteiger partial charge in [0.1, 0.15) is 6.17 Å². The molecule has 110 valence electrons. The SMILES string of the molecule is COCCC(C)N1C(=O)C(C)NC1c1ccc(Cl)cc1. The molecule has 1 heterocycles. The molecule has 1 amide bonds. The highest BCUT2D eigenvalue weighted by Crippen LogP contribution is 2.29. The number of carbonyl (C=O) groups is 1. The van der Waals surface area contributed by atoms with E-state index in [2.05, 4.69) is 12.2 Å². The Bertz CT molecular complexity index is 463. The zero-order valence-corrected chi connectivity index (χ0v) is 12.9. The maximum Gasteiger partial charge on any atom is 0.241 e. The highest BCUT2D eigenvalue weighted by atomic mass is 35.5. The van der Waals surface area contributed by atoms with Crippen molar-refractivity contribution >= 4 is 17.5 Å². The monoisotopic (exact) mass is 296 g/mol. The first-order valence-corrected chi connectivity index (χ1v) is 7.25. The largest absolute Gasteiger partial charge is 0.385 e. The molecule has 1 aliphatic rings. The third-order valence-corrected chi connectivity index (χ3v) is 3.96. The average molecular weight is 297 g/mol. The molecule has 20 heavy (non-hydrogen) atoms. The fourth-order valence-corrected chi connectivity index (χ4v) is 2.67. The van der Waals surface area contributed by atoms with Gasteiger partial charge in [0, 0.05) is 24.8 Å². The minimum Gasteiger partial charge on any atom is -0.385 e. The zero-order valence-electron chi connectivity index (χ0n) is 12.1. The Morgan fingerprint density at radius 3 is 2.65 bits per heavy atom. The van der Waals surface area contributed by atoms with E-state index in [0.717, 1.165) is 12.0 Å². The van der Waals surface area contributed by atoms with Gasteiger partial charge in [-0.05, 0) is 38.0 Å². The molecule has 0 bridgehead atoms. The minimum atomic E-state index is -0.166. The van der Waals surface area contributed by atoms with Crippen LogP contribution in [-0.2, 0) is 9.53 Å². The van der Waals surface area contributed by atoms with Crippen LogP contribution in [0.2, 0.25) is 5.02 Å². The van der Waals surface area contributed by atoms with Crippen LogP contribution in [0.1, 0.15) is 32.0 Å². The summed E-state index contributed by atoms with van der Waals surface area (Å²) in [4.78, 5) is 14.3. The molecule has 1 aromatic rings. The van der Waals surface area contributed by atoms with Crippen LogP contribution in [0.25, 0.3) is 0 Å². The molecule has 0 spiro atoms. The number of amides is 1. The van der Waals surface area contributed by atoms with Crippen LogP contribution >= 0.6 is 11.6 Å². The third-order valence-electron chi connectivity index (χ3n) is 3.71. The lowest BCUT2D eigenvalue weighted by Crippen LogP contribution is -2.38. The standard InChI is InChI=1S/C15H21ClN2O2/c1-10(8-9-20-3)18-14(17-11(2)15(18)19)12-4-6-13(16)7-5-12/h4-7,10-11,14,17H,8-9H2,1-3H3. The second-order valence-electron chi connectivity index (χ2n) is 5.22. The van der Waals surface area contributed by atoms with E-state index in [1.54, 1.807) is 7.11 Å². The topological polar surface area (TPSA) is 41.6 Å². The number of methoxy groups -OCH3 is 1. The van der Waals surface area contributed by atoms with E-state index >= 15 is 0 Å². The Morgan fingerprint density at radius 1 is 1.40 bits per heavy atom. The minimum absolute atomic E-state index is 0.0957. The number of hydrogen-bond donors (Lipinski definition) is 1. The molecule has 1 aromatic carbocycles. The molecule has 4 nitrogen and oxygen atoms in total. The first-order chi connectivity index (χ1) is 9.54. The summed E-state index contributed by atoms with van der Waals surface area (Å²) >= 11 is 5.93. The molecular weight excluding hydrogens is 276 g/mol. The van der Waals surface area contributed by atoms with Crippen molar-refractivity contribution in [3.05, 3.63) is 34.9 Å². The fourth-order valence-electron chi connectivity index (χ4n) is 2.54. The Balaban J connectivity index is 2.21. The number of rotatable bonds is 5. The Kier molecular flexibility index (Phi) is 5.02. The number of nitrogens with one attached hydrogen (secondary N) is 1. The second kappa shape index (κ2) is 6.57. The molecule has 1 N–H and O–H groups in total.